The first-order chi connectivity index (χ1) is 9.54. The van der Waals surface area contributed by atoms with Crippen LogP contribution in [0.5, 0.6) is 0 Å². The topological polar surface area (TPSA) is 112 Å². The first-order valence-corrected chi connectivity index (χ1v) is 6.10. The molecule has 3 rings (SSSR count). The van der Waals surface area contributed by atoms with Crippen molar-refractivity contribution in [2.75, 3.05) is 13.6 Å². The summed E-state index contributed by atoms with van der Waals surface area (Å²) in [6.45, 7) is 0.520. The Morgan fingerprint density at radius 2 is 1.40 bits per heavy atom. The van der Waals surface area contributed by atoms with Crippen molar-refractivity contribution >= 4 is 21.5 Å². The Kier molecular flexibility index (Phi) is 2.65. The molecule has 0 aliphatic rings. The van der Waals surface area contributed by atoms with Gasteiger partial charge in [0.25, 0.3) is 22.2 Å². The molecule has 0 fully saturated rings. The van der Waals surface area contributed by atoms with Crippen LogP contribution in [0.15, 0.2) is 25.2 Å². The lowest BCUT2D eigenvalue weighted by Crippen LogP contribution is -2.14. The molecule has 0 radical (unpaired) electrons. The van der Waals surface area contributed by atoms with Crippen molar-refractivity contribution in [2.24, 2.45) is 0 Å². The molecule has 0 amide bonds. The largest absolute Gasteiger partial charge is 0.319 e. The Morgan fingerprint density at radius 1 is 0.900 bits per heavy atom. The molecule has 0 unspecified atom stereocenters. The van der Waals surface area contributed by atoms with Crippen molar-refractivity contribution < 1.29 is 0 Å². The number of benzene rings is 1. The summed E-state index contributed by atoms with van der Waals surface area (Å²) in [5.41, 5.74) is -1.67. The fourth-order valence-corrected chi connectivity index (χ4v) is 2.58. The van der Waals surface area contributed by atoms with E-state index in [0.29, 0.717) is 18.5 Å². The van der Waals surface area contributed by atoms with Crippen molar-refractivity contribution in [3.8, 4) is 0 Å². The number of aromatic nitrogens is 2. The Hall–Kier alpha value is -2.54. The zero-order valence-electron chi connectivity index (χ0n) is 10.6. The Morgan fingerprint density at radius 3 is 1.85 bits per heavy atom. The smallest absolute Gasteiger partial charge is 0.259 e. The molecule has 0 spiro atoms. The van der Waals surface area contributed by atoms with Gasteiger partial charge in [0, 0.05) is 0 Å². The molecule has 0 aliphatic carbocycles. The molecule has 20 heavy (non-hydrogen) atoms. The summed E-state index contributed by atoms with van der Waals surface area (Å²) in [6.07, 6.45) is 0.378. The van der Waals surface area contributed by atoms with Crippen LogP contribution in [0.3, 0.4) is 0 Å². The van der Waals surface area contributed by atoms with Gasteiger partial charge in [-0.3, -0.25) is 29.1 Å². The highest BCUT2D eigenvalue weighted by Gasteiger charge is 2.19. The van der Waals surface area contributed by atoms with Gasteiger partial charge in [-0.2, -0.15) is 0 Å². The van der Waals surface area contributed by atoms with E-state index < -0.39 is 22.2 Å². The minimum Gasteiger partial charge on any atom is -0.319 e. The van der Waals surface area contributed by atoms with Gasteiger partial charge in [-0.25, -0.2) is 0 Å². The van der Waals surface area contributed by atoms with E-state index in [4.69, 9.17) is 0 Å². The third-order valence-electron chi connectivity index (χ3n) is 3.45. The third kappa shape index (κ3) is 1.56. The number of H-pyrrole nitrogens is 2. The van der Waals surface area contributed by atoms with Gasteiger partial charge in [-0.1, -0.05) is 0 Å². The number of fused-ring (bicyclic) bond motifs is 2. The number of aromatic amines is 2. The van der Waals surface area contributed by atoms with Crippen LogP contribution in [-0.2, 0) is 6.42 Å². The second kappa shape index (κ2) is 4.24. The van der Waals surface area contributed by atoms with E-state index in [-0.39, 0.29) is 21.5 Å². The normalized spacial score (nSPS) is 11.7. The van der Waals surface area contributed by atoms with E-state index in [2.05, 4.69) is 15.3 Å². The van der Waals surface area contributed by atoms with Gasteiger partial charge in [-0.05, 0) is 31.6 Å². The predicted molar refractivity (Wildman–Crippen MR) is 75.2 cm³/mol. The lowest BCUT2D eigenvalue weighted by molar-refractivity contribution is 0.797. The number of hydrogen-bond acceptors (Lipinski definition) is 5. The quantitative estimate of drug-likeness (QED) is 0.550. The SMILES string of the molecule is CNCCc1c2c(=O)[nH]c(=O)c2cc2c(=O)[nH]c(=O)c12. The molecule has 0 saturated heterocycles. The van der Waals surface area contributed by atoms with Gasteiger partial charge in [-0.15, -0.1) is 0 Å². The van der Waals surface area contributed by atoms with Crippen LogP contribution in [0.2, 0.25) is 0 Å². The molecule has 7 heteroatoms. The molecule has 1 aromatic carbocycles. The lowest BCUT2D eigenvalue weighted by atomic mass is 10.00. The van der Waals surface area contributed by atoms with Gasteiger partial charge in [0.15, 0.2) is 0 Å². The molecule has 3 N–H and O–H groups in total. The maximum absolute atomic E-state index is 11.9. The Labute approximate surface area is 111 Å². The van der Waals surface area contributed by atoms with Gasteiger partial charge in [0.2, 0.25) is 0 Å². The molecule has 3 aromatic rings. The van der Waals surface area contributed by atoms with Crippen molar-refractivity contribution in [3.63, 3.8) is 0 Å². The fourth-order valence-electron chi connectivity index (χ4n) is 2.58. The Bertz CT molecular complexity index is 942. The average molecular weight is 273 g/mol. The van der Waals surface area contributed by atoms with Gasteiger partial charge >= 0.3 is 0 Å². The fraction of sp³-hybridized carbons (Fsp3) is 0.231. The van der Waals surface area contributed by atoms with Crippen LogP contribution in [0.25, 0.3) is 21.5 Å². The van der Waals surface area contributed by atoms with Crippen LogP contribution in [0.4, 0.5) is 0 Å². The first-order valence-electron chi connectivity index (χ1n) is 6.10. The van der Waals surface area contributed by atoms with E-state index in [1.807, 2.05) is 0 Å². The monoisotopic (exact) mass is 273 g/mol. The summed E-state index contributed by atoms with van der Waals surface area (Å²) in [4.78, 5) is 51.6. The first kappa shape index (κ1) is 12.5. The highest BCUT2D eigenvalue weighted by molar-refractivity contribution is 6.01. The molecular weight excluding hydrogens is 262 g/mol. The summed E-state index contributed by atoms with van der Waals surface area (Å²) in [5, 5.41) is 3.64. The van der Waals surface area contributed by atoms with Crippen LogP contribution >= 0.6 is 0 Å². The zero-order chi connectivity index (χ0) is 14.4. The molecule has 2 aromatic heterocycles. The second-order valence-electron chi connectivity index (χ2n) is 4.62. The van der Waals surface area contributed by atoms with E-state index in [1.165, 1.54) is 6.07 Å². The number of rotatable bonds is 3. The number of hydrogen-bond donors (Lipinski definition) is 3. The lowest BCUT2D eigenvalue weighted by Gasteiger charge is -2.03. The van der Waals surface area contributed by atoms with E-state index >= 15 is 0 Å². The van der Waals surface area contributed by atoms with Crippen LogP contribution in [0.1, 0.15) is 5.56 Å². The maximum atomic E-state index is 11.9. The molecule has 0 aliphatic heterocycles. The van der Waals surface area contributed by atoms with E-state index in [1.54, 1.807) is 7.05 Å². The maximum Gasteiger partial charge on any atom is 0.259 e. The van der Waals surface area contributed by atoms with E-state index in [0.717, 1.165) is 0 Å². The molecular formula is C13H11N3O4. The van der Waals surface area contributed by atoms with Gasteiger partial charge in [0.1, 0.15) is 0 Å². The molecule has 2 heterocycles. The van der Waals surface area contributed by atoms with E-state index in [9.17, 15) is 19.2 Å². The summed E-state index contributed by atoms with van der Waals surface area (Å²) in [6, 6.07) is 1.31. The van der Waals surface area contributed by atoms with Gasteiger partial charge < -0.3 is 5.32 Å². The standard InChI is InChI=1S/C13H11N3O4/c1-14-3-2-5-8-6(10(17)15-12(8)19)4-7-9(5)13(20)16-11(7)18/h4,14H,2-3H2,1H3,(H,15,17,19)(H,16,18,20). The summed E-state index contributed by atoms with van der Waals surface area (Å²) < 4.78 is 0. The van der Waals surface area contributed by atoms with Gasteiger partial charge in [0.05, 0.1) is 21.5 Å². The highest BCUT2D eigenvalue weighted by Crippen LogP contribution is 2.20. The third-order valence-corrected chi connectivity index (χ3v) is 3.45. The number of likely N-dealkylation sites (N-methyl/N-ethyl adjacent to an activating group) is 1. The molecule has 0 saturated carbocycles. The molecule has 0 bridgehead atoms. The second-order valence-corrected chi connectivity index (χ2v) is 4.62. The predicted octanol–water partition coefficient (Wildman–Crippen LogP) is -1.27. The van der Waals surface area contributed by atoms with Crippen LogP contribution in [-0.4, -0.2) is 23.6 Å². The number of nitrogens with one attached hydrogen (secondary N) is 3. The molecule has 0 atom stereocenters. The summed E-state index contributed by atoms with van der Waals surface area (Å²) in [5.74, 6) is 0. The van der Waals surface area contributed by atoms with Crippen molar-refractivity contribution in [3.05, 3.63) is 53.0 Å². The van der Waals surface area contributed by atoms with Crippen molar-refractivity contribution in [2.45, 2.75) is 6.42 Å². The van der Waals surface area contributed by atoms with Crippen LogP contribution in [0, 0.1) is 0 Å². The summed E-state index contributed by atoms with van der Waals surface area (Å²) in [7, 11) is 1.74. The highest BCUT2D eigenvalue weighted by atomic mass is 16.2. The Balaban J connectivity index is 2.60. The van der Waals surface area contributed by atoms with Crippen molar-refractivity contribution in [1.82, 2.24) is 15.3 Å². The minimum atomic E-state index is -0.536. The van der Waals surface area contributed by atoms with Crippen molar-refractivity contribution in [1.29, 1.82) is 0 Å². The molecule has 7 nitrogen and oxygen atoms in total. The average Bonchev–Trinajstić information content (AvgIpc) is 2.85. The minimum absolute atomic E-state index is 0.157. The molecule has 102 valence electrons. The summed E-state index contributed by atoms with van der Waals surface area (Å²) >= 11 is 0. The van der Waals surface area contributed by atoms with Crippen LogP contribution < -0.4 is 27.6 Å². The zero-order valence-corrected chi connectivity index (χ0v) is 10.6.